The molecule has 16 heavy (non-hydrogen) atoms. The molecular formula is C11H12N4S. The maximum Gasteiger partial charge on any atom is 0.195 e. The number of nitrogens with one attached hydrogen (secondary N) is 2. The van der Waals surface area contributed by atoms with Crippen molar-refractivity contribution in [1.82, 2.24) is 10.3 Å². The van der Waals surface area contributed by atoms with Gasteiger partial charge in [-0.15, -0.1) is 11.3 Å². The van der Waals surface area contributed by atoms with Crippen molar-refractivity contribution in [3.05, 3.63) is 23.2 Å². The molecule has 1 aliphatic rings. The highest BCUT2D eigenvalue weighted by atomic mass is 32.1. The Balaban J connectivity index is 1.97. The van der Waals surface area contributed by atoms with Crippen LogP contribution in [0.1, 0.15) is 5.56 Å². The monoisotopic (exact) mass is 232 g/mol. The Morgan fingerprint density at radius 3 is 3.19 bits per heavy atom. The van der Waals surface area contributed by atoms with E-state index in [1.807, 2.05) is 5.51 Å². The van der Waals surface area contributed by atoms with Crippen LogP contribution in [-0.2, 0) is 0 Å². The zero-order valence-corrected chi connectivity index (χ0v) is 9.77. The molecular weight excluding hydrogens is 220 g/mol. The lowest BCUT2D eigenvalue weighted by atomic mass is 10.2. The first kappa shape index (κ1) is 9.59. The molecule has 2 heterocycles. The quantitative estimate of drug-likeness (QED) is 0.790. The van der Waals surface area contributed by atoms with Crippen LogP contribution in [0.4, 0.5) is 5.69 Å². The van der Waals surface area contributed by atoms with Crippen LogP contribution in [0.15, 0.2) is 22.6 Å². The molecule has 0 bridgehead atoms. The van der Waals surface area contributed by atoms with Gasteiger partial charge in [0.05, 0.1) is 22.3 Å². The number of hydrogen-bond donors (Lipinski definition) is 2. The van der Waals surface area contributed by atoms with Crippen LogP contribution in [0.3, 0.4) is 0 Å². The molecule has 0 fully saturated rings. The summed E-state index contributed by atoms with van der Waals surface area (Å²) in [5.41, 5.74) is 5.24. The second kappa shape index (κ2) is 3.75. The maximum atomic E-state index is 4.34. The highest BCUT2D eigenvalue weighted by molar-refractivity contribution is 7.16. The standard InChI is InChI=1S/C11H12N4S/c1-7-4-8(15-11-12-2-3-13-11)5-9-10(7)14-6-16-9/h4-6H,2-3H2,1H3,(H2,12,13,15). The van der Waals surface area contributed by atoms with Crippen LogP contribution in [0.25, 0.3) is 10.2 Å². The first-order valence-corrected chi connectivity index (χ1v) is 6.10. The van der Waals surface area contributed by atoms with Crippen molar-refractivity contribution in [2.24, 2.45) is 4.99 Å². The van der Waals surface area contributed by atoms with Gasteiger partial charge in [0.2, 0.25) is 0 Å². The van der Waals surface area contributed by atoms with Crippen molar-refractivity contribution in [3.8, 4) is 0 Å². The van der Waals surface area contributed by atoms with Crippen LogP contribution < -0.4 is 10.6 Å². The lowest BCUT2D eigenvalue weighted by Crippen LogP contribution is -2.26. The Bertz CT molecular complexity index is 558. The van der Waals surface area contributed by atoms with Crippen LogP contribution in [0, 0.1) is 6.92 Å². The van der Waals surface area contributed by atoms with Gasteiger partial charge < -0.3 is 10.6 Å². The van der Waals surface area contributed by atoms with E-state index in [4.69, 9.17) is 0 Å². The van der Waals surface area contributed by atoms with Gasteiger partial charge in [-0.25, -0.2) is 4.98 Å². The Morgan fingerprint density at radius 1 is 1.44 bits per heavy atom. The van der Waals surface area contributed by atoms with E-state index in [0.29, 0.717) is 0 Å². The maximum absolute atomic E-state index is 4.34. The first-order chi connectivity index (χ1) is 7.83. The SMILES string of the molecule is Cc1cc(NC2=NCCN2)cc2scnc12. The van der Waals surface area contributed by atoms with Gasteiger partial charge in [-0.3, -0.25) is 4.99 Å². The Morgan fingerprint density at radius 2 is 2.38 bits per heavy atom. The van der Waals surface area contributed by atoms with Gasteiger partial charge in [-0.2, -0.15) is 0 Å². The highest BCUT2D eigenvalue weighted by Crippen LogP contribution is 2.25. The normalized spacial score (nSPS) is 14.9. The predicted molar refractivity (Wildman–Crippen MR) is 68.3 cm³/mol. The molecule has 2 N–H and O–H groups in total. The number of aliphatic imine (C=N–C) groups is 1. The topological polar surface area (TPSA) is 49.3 Å². The zero-order valence-electron chi connectivity index (χ0n) is 8.95. The minimum atomic E-state index is 0.851. The summed E-state index contributed by atoms with van der Waals surface area (Å²) in [7, 11) is 0. The summed E-state index contributed by atoms with van der Waals surface area (Å²) in [6.07, 6.45) is 0. The largest absolute Gasteiger partial charge is 0.354 e. The van der Waals surface area contributed by atoms with Gasteiger partial charge in [0.1, 0.15) is 0 Å². The number of guanidine groups is 1. The number of anilines is 1. The van der Waals surface area contributed by atoms with E-state index in [9.17, 15) is 0 Å². The molecule has 5 heteroatoms. The van der Waals surface area contributed by atoms with Crippen LogP contribution in [-0.4, -0.2) is 24.0 Å². The summed E-state index contributed by atoms with van der Waals surface area (Å²) in [5.74, 6) is 0.864. The summed E-state index contributed by atoms with van der Waals surface area (Å²) in [5, 5.41) is 6.47. The van der Waals surface area contributed by atoms with E-state index in [1.54, 1.807) is 11.3 Å². The molecule has 0 saturated carbocycles. The van der Waals surface area contributed by atoms with Crippen molar-refractivity contribution < 1.29 is 0 Å². The molecule has 82 valence electrons. The number of fused-ring (bicyclic) bond motifs is 1. The second-order valence-corrected chi connectivity index (χ2v) is 4.66. The van der Waals surface area contributed by atoms with Crippen molar-refractivity contribution in [3.63, 3.8) is 0 Å². The number of aryl methyl sites for hydroxylation is 1. The van der Waals surface area contributed by atoms with Crippen molar-refractivity contribution in [2.45, 2.75) is 6.92 Å². The summed E-state index contributed by atoms with van der Waals surface area (Å²) < 4.78 is 1.21. The molecule has 1 aromatic heterocycles. The molecule has 3 rings (SSSR count). The van der Waals surface area contributed by atoms with Gasteiger partial charge >= 0.3 is 0 Å². The minimum absolute atomic E-state index is 0.851. The lowest BCUT2D eigenvalue weighted by Gasteiger charge is -2.07. The van der Waals surface area contributed by atoms with E-state index in [-0.39, 0.29) is 0 Å². The summed E-state index contributed by atoms with van der Waals surface area (Å²) >= 11 is 1.66. The van der Waals surface area contributed by atoms with Crippen LogP contribution >= 0.6 is 11.3 Å². The molecule has 0 aliphatic carbocycles. The van der Waals surface area contributed by atoms with Gasteiger partial charge in [-0.05, 0) is 24.6 Å². The smallest absolute Gasteiger partial charge is 0.195 e. The van der Waals surface area contributed by atoms with Gasteiger partial charge in [0.15, 0.2) is 5.96 Å². The van der Waals surface area contributed by atoms with Crippen molar-refractivity contribution in [2.75, 3.05) is 18.4 Å². The number of aromatic nitrogens is 1. The fraction of sp³-hybridized carbons (Fsp3) is 0.273. The molecule has 1 aliphatic heterocycles. The number of rotatable bonds is 1. The van der Waals surface area contributed by atoms with E-state index < -0.39 is 0 Å². The lowest BCUT2D eigenvalue weighted by molar-refractivity contribution is 0.959. The van der Waals surface area contributed by atoms with Crippen molar-refractivity contribution >= 4 is 33.2 Å². The zero-order chi connectivity index (χ0) is 11.0. The van der Waals surface area contributed by atoms with Crippen molar-refractivity contribution in [1.29, 1.82) is 0 Å². The summed E-state index contributed by atoms with van der Waals surface area (Å²) in [4.78, 5) is 8.65. The second-order valence-electron chi connectivity index (χ2n) is 3.77. The Kier molecular flexibility index (Phi) is 2.25. The van der Waals surface area contributed by atoms with E-state index in [0.717, 1.165) is 30.3 Å². The Labute approximate surface area is 97.4 Å². The molecule has 0 unspecified atom stereocenters. The average Bonchev–Trinajstić information content (AvgIpc) is 2.87. The third-order valence-corrected chi connectivity index (χ3v) is 3.34. The van der Waals surface area contributed by atoms with Crippen LogP contribution in [0.5, 0.6) is 0 Å². The fourth-order valence-corrected chi connectivity index (χ4v) is 2.62. The molecule has 4 nitrogen and oxygen atoms in total. The highest BCUT2D eigenvalue weighted by Gasteiger charge is 2.07. The third-order valence-electron chi connectivity index (χ3n) is 2.56. The van der Waals surface area contributed by atoms with Crippen LogP contribution in [0.2, 0.25) is 0 Å². The third kappa shape index (κ3) is 1.63. The van der Waals surface area contributed by atoms with Gasteiger partial charge in [0, 0.05) is 12.2 Å². The molecule has 0 radical (unpaired) electrons. The van der Waals surface area contributed by atoms with E-state index in [1.165, 1.54) is 10.3 Å². The van der Waals surface area contributed by atoms with E-state index >= 15 is 0 Å². The number of thiazole rings is 1. The average molecular weight is 232 g/mol. The Hall–Kier alpha value is -1.62. The molecule has 0 spiro atoms. The predicted octanol–water partition coefficient (Wildman–Crippen LogP) is 1.98. The summed E-state index contributed by atoms with van der Waals surface area (Å²) in [6, 6.07) is 4.22. The van der Waals surface area contributed by atoms with Gasteiger partial charge in [-0.1, -0.05) is 0 Å². The molecule has 0 atom stereocenters. The number of hydrogen-bond acceptors (Lipinski definition) is 5. The molecule has 0 saturated heterocycles. The van der Waals surface area contributed by atoms with Gasteiger partial charge in [0.25, 0.3) is 0 Å². The van der Waals surface area contributed by atoms with E-state index in [2.05, 4.69) is 39.7 Å². The number of nitrogens with zero attached hydrogens (tertiary/aromatic N) is 2. The fourth-order valence-electron chi connectivity index (χ4n) is 1.83. The number of benzene rings is 1. The molecule has 0 amide bonds. The minimum Gasteiger partial charge on any atom is -0.354 e. The summed E-state index contributed by atoms with van der Waals surface area (Å²) in [6.45, 7) is 3.85. The first-order valence-electron chi connectivity index (χ1n) is 5.22. The molecule has 1 aromatic carbocycles. The molecule has 2 aromatic rings.